The van der Waals surface area contributed by atoms with Crippen molar-refractivity contribution in [1.82, 2.24) is 0 Å². The zero-order chi connectivity index (χ0) is 14.5. The fraction of sp³-hybridized carbons (Fsp3) is 0.278. The van der Waals surface area contributed by atoms with E-state index in [1.165, 1.54) is 5.56 Å². The lowest BCUT2D eigenvalue weighted by molar-refractivity contribution is 0.0988. The summed E-state index contributed by atoms with van der Waals surface area (Å²) in [6.07, 6.45) is 0.524. The molecule has 0 saturated carbocycles. The third-order valence-corrected chi connectivity index (χ3v) is 3.27. The molecule has 2 aromatic carbocycles. The van der Waals surface area contributed by atoms with Crippen LogP contribution in [0.4, 0.5) is 0 Å². The van der Waals surface area contributed by atoms with Gasteiger partial charge in [0.1, 0.15) is 11.5 Å². The van der Waals surface area contributed by atoms with Crippen LogP contribution in [0.1, 0.15) is 49.0 Å². The summed E-state index contributed by atoms with van der Waals surface area (Å²) in [7, 11) is 0. The summed E-state index contributed by atoms with van der Waals surface area (Å²) in [5.41, 5.74) is 1.92. The normalized spacial score (nSPS) is 10.6. The summed E-state index contributed by atoms with van der Waals surface area (Å²) in [4.78, 5) is 11.6. The van der Waals surface area contributed by atoms with Crippen LogP contribution in [0.25, 0.3) is 0 Å². The molecule has 0 aromatic heterocycles. The zero-order valence-corrected chi connectivity index (χ0v) is 12.2. The number of ether oxygens (including phenoxy) is 1. The summed E-state index contributed by atoms with van der Waals surface area (Å²) in [6, 6.07) is 15.4. The molecule has 2 rings (SSSR count). The second kappa shape index (κ2) is 6.38. The van der Waals surface area contributed by atoms with Gasteiger partial charge in [-0.15, -0.1) is 0 Å². The van der Waals surface area contributed by atoms with Crippen molar-refractivity contribution in [3.63, 3.8) is 0 Å². The molecule has 0 amide bonds. The van der Waals surface area contributed by atoms with Gasteiger partial charge < -0.3 is 4.74 Å². The first kappa shape index (κ1) is 14.3. The van der Waals surface area contributed by atoms with Gasteiger partial charge in [-0.3, -0.25) is 4.79 Å². The Kier molecular flexibility index (Phi) is 4.57. The van der Waals surface area contributed by atoms with Crippen molar-refractivity contribution in [2.24, 2.45) is 0 Å². The molecule has 0 heterocycles. The van der Waals surface area contributed by atoms with Crippen molar-refractivity contribution in [3.8, 4) is 11.5 Å². The number of rotatable bonds is 5. The molecule has 0 spiro atoms. The number of ketones is 1. The number of carbonyl (C=O) groups excluding carboxylic acids is 1. The third kappa shape index (κ3) is 3.27. The molecule has 0 aliphatic carbocycles. The largest absolute Gasteiger partial charge is 0.457 e. The number of para-hydroxylation sites is 1. The van der Waals surface area contributed by atoms with E-state index in [4.69, 9.17) is 4.74 Å². The lowest BCUT2D eigenvalue weighted by Crippen LogP contribution is -1.97. The highest BCUT2D eigenvalue weighted by Gasteiger charge is 2.08. The molecule has 104 valence electrons. The Morgan fingerprint density at radius 1 is 1.05 bits per heavy atom. The SMILES string of the molecule is CCC(=O)c1ccc(Oc2ccccc2C(C)C)cc1. The summed E-state index contributed by atoms with van der Waals surface area (Å²) in [6.45, 7) is 6.15. The van der Waals surface area contributed by atoms with Crippen molar-refractivity contribution in [2.45, 2.75) is 33.1 Å². The van der Waals surface area contributed by atoms with Crippen LogP contribution in [0.15, 0.2) is 48.5 Å². The van der Waals surface area contributed by atoms with E-state index in [1.807, 2.05) is 49.4 Å². The van der Waals surface area contributed by atoms with E-state index in [0.29, 0.717) is 12.3 Å². The maximum Gasteiger partial charge on any atom is 0.162 e. The second-order valence-electron chi connectivity index (χ2n) is 5.10. The Balaban J connectivity index is 2.20. The number of carbonyl (C=O) groups is 1. The van der Waals surface area contributed by atoms with Crippen LogP contribution in [0.5, 0.6) is 11.5 Å². The van der Waals surface area contributed by atoms with Crippen molar-refractivity contribution in [3.05, 3.63) is 59.7 Å². The van der Waals surface area contributed by atoms with Crippen LogP contribution < -0.4 is 4.74 Å². The summed E-state index contributed by atoms with van der Waals surface area (Å²) >= 11 is 0. The molecular weight excluding hydrogens is 248 g/mol. The highest BCUT2D eigenvalue weighted by Crippen LogP contribution is 2.30. The average Bonchev–Trinajstić information content (AvgIpc) is 2.47. The smallest absolute Gasteiger partial charge is 0.162 e. The van der Waals surface area contributed by atoms with Crippen LogP contribution in [-0.2, 0) is 0 Å². The van der Waals surface area contributed by atoms with Gasteiger partial charge in [0.05, 0.1) is 0 Å². The van der Waals surface area contributed by atoms with Gasteiger partial charge in [-0.25, -0.2) is 0 Å². The molecule has 20 heavy (non-hydrogen) atoms. The second-order valence-corrected chi connectivity index (χ2v) is 5.10. The Labute approximate surface area is 120 Å². The number of benzene rings is 2. The molecule has 0 aliphatic rings. The van der Waals surface area contributed by atoms with Gasteiger partial charge >= 0.3 is 0 Å². The van der Waals surface area contributed by atoms with E-state index in [2.05, 4.69) is 19.9 Å². The van der Waals surface area contributed by atoms with Crippen LogP contribution in [-0.4, -0.2) is 5.78 Å². The number of Topliss-reactive ketones (excluding diaryl/α,β-unsaturated/α-hetero) is 1. The molecule has 0 atom stereocenters. The van der Waals surface area contributed by atoms with Gasteiger partial charge in [-0.05, 0) is 41.8 Å². The highest BCUT2D eigenvalue weighted by molar-refractivity contribution is 5.95. The van der Waals surface area contributed by atoms with Crippen LogP contribution >= 0.6 is 0 Å². The quantitative estimate of drug-likeness (QED) is 0.697. The predicted octanol–water partition coefficient (Wildman–Crippen LogP) is 5.20. The molecule has 0 radical (unpaired) electrons. The van der Waals surface area contributed by atoms with Crippen molar-refractivity contribution < 1.29 is 9.53 Å². The molecule has 0 bridgehead atoms. The van der Waals surface area contributed by atoms with Crippen LogP contribution in [0, 0.1) is 0 Å². The van der Waals surface area contributed by atoms with Gasteiger partial charge in [-0.2, -0.15) is 0 Å². The van der Waals surface area contributed by atoms with Crippen LogP contribution in [0.2, 0.25) is 0 Å². The molecule has 2 nitrogen and oxygen atoms in total. The van der Waals surface area contributed by atoms with Crippen LogP contribution in [0.3, 0.4) is 0 Å². The Bertz CT molecular complexity index is 583. The van der Waals surface area contributed by atoms with E-state index in [0.717, 1.165) is 17.1 Å². The zero-order valence-electron chi connectivity index (χ0n) is 12.2. The molecule has 2 aromatic rings. The Morgan fingerprint density at radius 2 is 1.70 bits per heavy atom. The standard InChI is InChI=1S/C18H20O2/c1-4-17(19)14-9-11-15(12-10-14)20-18-8-6-5-7-16(18)13(2)3/h5-13H,4H2,1-3H3. The average molecular weight is 268 g/mol. The highest BCUT2D eigenvalue weighted by atomic mass is 16.5. The van der Waals surface area contributed by atoms with E-state index >= 15 is 0 Å². The predicted molar refractivity (Wildman–Crippen MR) is 81.7 cm³/mol. The van der Waals surface area contributed by atoms with E-state index in [-0.39, 0.29) is 5.78 Å². The number of hydrogen-bond donors (Lipinski definition) is 0. The fourth-order valence-electron chi connectivity index (χ4n) is 2.09. The minimum Gasteiger partial charge on any atom is -0.457 e. The van der Waals surface area contributed by atoms with E-state index in [1.54, 1.807) is 0 Å². The third-order valence-electron chi connectivity index (χ3n) is 3.27. The maximum absolute atomic E-state index is 11.6. The van der Waals surface area contributed by atoms with Gasteiger partial charge in [0.2, 0.25) is 0 Å². The van der Waals surface area contributed by atoms with Crippen molar-refractivity contribution in [1.29, 1.82) is 0 Å². The van der Waals surface area contributed by atoms with Gasteiger partial charge in [-0.1, -0.05) is 39.0 Å². The van der Waals surface area contributed by atoms with E-state index < -0.39 is 0 Å². The molecule has 0 unspecified atom stereocenters. The lowest BCUT2D eigenvalue weighted by atomic mass is 10.0. The lowest BCUT2D eigenvalue weighted by Gasteiger charge is -2.13. The minimum absolute atomic E-state index is 0.152. The Hall–Kier alpha value is -2.09. The molecule has 0 fully saturated rings. The summed E-state index contributed by atoms with van der Waals surface area (Å²) < 4.78 is 5.93. The minimum atomic E-state index is 0.152. The molecule has 0 aliphatic heterocycles. The van der Waals surface area contributed by atoms with Gasteiger partial charge in [0, 0.05) is 12.0 Å². The summed E-state index contributed by atoms with van der Waals surface area (Å²) in [5, 5.41) is 0. The van der Waals surface area contributed by atoms with Gasteiger partial charge in [0.25, 0.3) is 0 Å². The fourth-order valence-corrected chi connectivity index (χ4v) is 2.09. The number of hydrogen-bond acceptors (Lipinski definition) is 2. The van der Waals surface area contributed by atoms with Gasteiger partial charge in [0.15, 0.2) is 5.78 Å². The monoisotopic (exact) mass is 268 g/mol. The first-order valence-electron chi connectivity index (χ1n) is 7.02. The van der Waals surface area contributed by atoms with Crippen molar-refractivity contribution in [2.75, 3.05) is 0 Å². The van der Waals surface area contributed by atoms with Crippen molar-refractivity contribution >= 4 is 5.78 Å². The topological polar surface area (TPSA) is 26.3 Å². The molecular formula is C18H20O2. The molecule has 0 saturated heterocycles. The van der Waals surface area contributed by atoms with E-state index in [9.17, 15) is 4.79 Å². The Morgan fingerprint density at radius 3 is 2.30 bits per heavy atom. The summed E-state index contributed by atoms with van der Waals surface area (Å²) in [5.74, 6) is 2.19. The maximum atomic E-state index is 11.6. The molecule has 2 heteroatoms. The first-order valence-corrected chi connectivity index (χ1v) is 7.02. The molecule has 0 N–H and O–H groups in total. The first-order chi connectivity index (χ1) is 9.61.